The summed E-state index contributed by atoms with van der Waals surface area (Å²) < 4.78 is 39.6. The molecule has 0 radical (unpaired) electrons. The first-order valence-electron chi connectivity index (χ1n) is 10.4. The maximum Gasteiger partial charge on any atom is 0.416 e. The Kier molecular flexibility index (Phi) is 4.43. The van der Waals surface area contributed by atoms with E-state index in [9.17, 15) is 22.8 Å². The molecule has 0 N–H and O–H groups in total. The van der Waals surface area contributed by atoms with Gasteiger partial charge in [0.15, 0.2) is 0 Å². The van der Waals surface area contributed by atoms with E-state index in [0.717, 1.165) is 17.0 Å². The number of hydrogen-bond acceptors (Lipinski definition) is 4. The molecule has 0 unspecified atom stereocenters. The van der Waals surface area contributed by atoms with Crippen LogP contribution in [0.2, 0.25) is 10.0 Å². The first kappa shape index (κ1) is 21.0. The lowest BCUT2D eigenvalue weighted by molar-refractivity contribution is -0.137. The Morgan fingerprint density at radius 2 is 1.70 bits per heavy atom. The highest BCUT2D eigenvalue weighted by Gasteiger charge is 2.70. The Morgan fingerprint density at radius 3 is 2.39 bits per heavy atom. The molecule has 1 saturated heterocycles. The number of nitrogens with zero attached hydrogens (tertiary/aromatic N) is 2. The van der Waals surface area contributed by atoms with Crippen molar-refractivity contribution in [2.75, 3.05) is 4.90 Å². The highest BCUT2D eigenvalue weighted by molar-refractivity contribution is 6.37. The van der Waals surface area contributed by atoms with Crippen LogP contribution in [0.15, 0.2) is 47.6 Å². The zero-order valence-corrected chi connectivity index (χ0v) is 18.2. The summed E-state index contributed by atoms with van der Waals surface area (Å²) in [6, 6.07) is 9.35. The molecular weight excluding hydrogens is 480 g/mol. The van der Waals surface area contributed by atoms with Gasteiger partial charge in [0.05, 0.1) is 33.8 Å². The van der Waals surface area contributed by atoms with Gasteiger partial charge in [0.25, 0.3) is 0 Å². The van der Waals surface area contributed by atoms with Crippen LogP contribution in [0.25, 0.3) is 0 Å². The predicted molar refractivity (Wildman–Crippen MR) is 114 cm³/mol. The van der Waals surface area contributed by atoms with Crippen molar-refractivity contribution in [2.24, 2.45) is 34.7 Å². The lowest BCUT2D eigenvalue weighted by Gasteiger charge is -2.30. The summed E-state index contributed by atoms with van der Waals surface area (Å²) in [7, 11) is 0. The van der Waals surface area contributed by atoms with Gasteiger partial charge < -0.3 is 4.84 Å². The van der Waals surface area contributed by atoms with Crippen LogP contribution in [0.1, 0.15) is 17.5 Å². The van der Waals surface area contributed by atoms with Gasteiger partial charge in [0.2, 0.25) is 11.8 Å². The molecule has 170 valence electrons. The zero-order valence-electron chi connectivity index (χ0n) is 16.7. The molecule has 6 rings (SSSR count). The number of alkyl halides is 3. The van der Waals surface area contributed by atoms with Crippen molar-refractivity contribution in [2.45, 2.75) is 18.7 Å². The molecule has 10 heteroatoms. The lowest BCUT2D eigenvalue weighted by Crippen LogP contribution is -2.41. The van der Waals surface area contributed by atoms with Crippen LogP contribution >= 0.6 is 23.2 Å². The molecule has 33 heavy (non-hydrogen) atoms. The third-order valence-corrected chi connectivity index (χ3v) is 7.88. The van der Waals surface area contributed by atoms with Gasteiger partial charge in [-0.05, 0) is 42.7 Å². The van der Waals surface area contributed by atoms with Crippen LogP contribution in [-0.4, -0.2) is 23.6 Å². The maximum atomic E-state index is 13.4. The molecule has 6 atom stereocenters. The van der Waals surface area contributed by atoms with Gasteiger partial charge in [-0.15, -0.1) is 0 Å². The van der Waals surface area contributed by atoms with E-state index < -0.39 is 35.4 Å². The van der Waals surface area contributed by atoms with Gasteiger partial charge in [-0.1, -0.05) is 40.5 Å². The Balaban J connectivity index is 1.35. The molecule has 2 aliphatic heterocycles. The van der Waals surface area contributed by atoms with Crippen molar-refractivity contribution in [1.82, 2.24) is 0 Å². The van der Waals surface area contributed by atoms with Gasteiger partial charge >= 0.3 is 6.18 Å². The molecular formula is C23H15Cl2F3N2O3. The number of oxime groups is 1. The number of carbonyl (C=O) groups excluding carboxylic acids is 2. The second-order valence-corrected chi connectivity index (χ2v) is 9.72. The Bertz CT molecular complexity index is 1250. The molecule has 0 aromatic heterocycles. The largest absolute Gasteiger partial charge is 0.416 e. The minimum Gasteiger partial charge on any atom is -0.391 e. The monoisotopic (exact) mass is 494 g/mol. The van der Waals surface area contributed by atoms with Crippen molar-refractivity contribution >= 4 is 46.4 Å². The first-order chi connectivity index (χ1) is 15.7. The number of halogens is 5. The summed E-state index contributed by atoms with van der Waals surface area (Å²) in [5.41, 5.74) is 0.302. The molecule has 3 fully saturated rings. The molecule has 0 spiro atoms. The smallest absolute Gasteiger partial charge is 0.391 e. The van der Waals surface area contributed by atoms with Crippen LogP contribution in [0.3, 0.4) is 0 Å². The third-order valence-electron chi connectivity index (χ3n) is 7.33. The van der Waals surface area contributed by atoms with E-state index in [2.05, 4.69) is 5.16 Å². The number of amides is 2. The number of anilines is 1. The summed E-state index contributed by atoms with van der Waals surface area (Å²) in [5, 5.41) is 5.12. The van der Waals surface area contributed by atoms with E-state index >= 15 is 0 Å². The SMILES string of the molecule is O=C1[C@@H]2[C@@H]3C[C@@H]([C@H]4ON=C(c5ccc(Cl)cc5Cl)[C@@H]34)[C@@H]2C(=O)N1c1cccc(C(F)(F)F)c1. The maximum absolute atomic E-state index is 13.4. The third kappa shape index (κ3) is 2.89. The second kappa shape index (κ2) is 6.96. The number of imide groups is 1. The minimum atomic E-state index is -4.58. The highest BCUT2D eigenvalue weighted by Crippen LogP contribution is 2.62. The average Bonchev–Trinajstić information content (AvgIpc) is 3.48. The number of fused-ring (bicyclic) bond motifs is 8. The molecule has 2 aromatic carbocycles. The Labute approximate surface area is 196 Å². The van der Waals surface area contributed by atoms with Gasteiger partial charge in [-0.2, -0.15) is 13.2 Å². The van der Waals surface area contributed by atoms with E-state index in [1.807, 2.05) is 0 Å². The van der Waals surface area contributed by atoms with E-state index in [1.54, 1.807) is 18.2 Å². The van der Waals surface area contributed by atoms with Crippen LogP contribution in [0, 0.1) is 29.6 Å². The van der Waals surface area contributed by atoms with E-state index in [4.69, 9.17) is 28.0 Å². The van der Waals surface area contributed by atoms with Gasteiger partial charge in [-0.3, -0.25) is 14.5 Å². The predicted octanol–water partition coefficient (Wildman–Crippen LogP) is 5.19. The van der Waals surface area contributed by atoms with Gasteiger partial charge in [-0.25, -0.2) is 0 Å². The number of hydrogen-bond donors (Lipinski definition) is 0. The summed E-state index contributed by atoms with van der Waals surface area (Å²) in [6.45, 7) is 0. The Hall–Kier alpha value is -2.58. The number of rotatable bonds is 2. The number of carbonyl (C=O) groups is 2. The summed E-state index contributed by atoms with van der Waals surface area (Å²) in [6.07, 6.45) is -4.34. The minimum absolute atomic E-state index is 0.0608. The molecule has 4 aliphatic rings. The highest BCUT2D eigenvalue weighted by atomic mass is 35.5. The molecule has 2 heterocycles. The van der Waals surface area contributed by atoms with Crippen LogP contribution in [0.5, 0.6) is 0 Å². The second-order valence-electron chi connectivity index (χ2n) is 8.87. The van der Waals surface area contributed by atoms with Crippen LogP contribution in [0.4, 0.5) is 18.9 Å². The summed E-state index contributed by atoms with van der Waals surface area (Å²) in [4.78, 5) is 33.3. The number of benzene rings is 2. The van der Waals surface area contributed by atoms with Crippen molar-refractivity contribution in [3.05, 3.63) is 63.6 Å². The van der Waals surface area contributed by atoms with Crippen molar-refractivity contribution < 1.29 is 27.6 Å². The van der Waals surface area contributed by atoms with Crippen molar-refractivity contribution in [1.29, 1.82) is 0 Å². The fourth-order valence-corrected chi connectivity index (χ4v) is 6.63. The fraction of sp³-hybridized carbons (Fsp3) is 0.348. The quantitative estimate of drug-likeness (QED) is 0.540. The van der Waals surface area contributed by atoms with E-state index in [1.165, 1.54) is 12.1 Å². The topological polar surface area (TPSA) is 59.0 Å². The first-order valence-corrected chi connectivity index (χ1v) is 11.2. The lowest BCUT2D eigenvalue weighted by atomic mass is 9.71. The van der Waals surface area contributed by atoms with Gasteiger partial charge in [0.1, 0.15) is 6.10 Å². The summed E-state index contributed by atoms with van der Waals surface area (Å²) >= 11 is 12.4. The molecule has 2 aliphatic carbocycles. The standard InChI is InChI=1S/C23H15Cl2F3N2O3/c24-10-4-5-12(15(25)7-10)19-18-13-8-14(20(18)33-29-19)17-16(13)21(31)30(22(17)32)11-3-1-2-9(6-11)23(26,27)28/h1-7,13-14,16-18,20H,8H2/t13-,14+,16+,17-,18+,20+/m0/s1. The van der Waals surface area contributed by atoms with E-state index in [-0.39, 0.29) is 29.5 Å². The van der Waals surface area contributed by atoms with Crippen LogP contribution in [-0.2, 0) is 20.6 Å². The molecule has 2 saturated carbocycles. The average molecular weight is 495 g/mol. The van der Waals surface area contributed by atoms with Crippen LogP contribution < -0.4 is 4.90 Å². The zero-order chi connectivity index (χ0) is 23.2. The van der Waals surface area contributed by atoms with Crippen molar-refractivity contribution in [3.63, 3.8) is 0 Å². The summed E-state index contributed by atoms with van der Waals surface area (Å²) in [5.74, 6) is -2.90. The molecule has 5 nitrogen and oxygen atoms in total. The Morgan fingerprint density at radius 1 is 0.970 bits per heavy atom. The fourth-order valence-electron chi connectivity index (χ4n) is 6.12. The van der Waals surface area contributed by atoms with Crippen molar-refractivity contribution in [3.8, 4) is 0 Å². The molecule has 2 bridgehead atoms. The normalized spacial score (nSPS) is 32.2. The molecule has 2 amide bonds. The van der Waals surface area contributed by atoms with E-state index in [0.29, 0.717) is 27.7 Å². The molecule has 2 aromatic rings. The van der Waals surface area contributed by atoms with Gasteiger partial charge in [0, 0.05) is 22.4 Å².